The van der Waals surface area contributed by atoms with E-state index in [4.69, 9.17) is 24.9 Å². The first-order valence-electron chi connectivity index (χ1n) is 27.2. The largest absolute Gasteiger partial charge is 3.00 e. The van der Waals surface area contributed by atoms with E-state index in [1.165, 1.54) is 49.4 Å². The van der Waals surface area contributed by atoms with Crippen molar-refractivity contribution in [3.63, 3.8) is 0 Å². The first-order valence-corrected chi connectivity index (χ1v) is 27.2. The molecule has 388 valence electrons. The predicted molar refractivity (Wildman–Crippen MR) is 320 cm³/mol. The normalized spacial score (nSPS) is 12.2. The number of nitrogens with zero attached hydrogens (tertiary/aromatic N) is 7. The maximum Gasteiger partial charge on any atom is 3.00 e. The van der Waals surface area contributed by atoms with Gasteiger partial charge < -0.3 is 13.8 Å². The molecule has 0 spiro atoms. The Morgan fingerprint density at radius 3 is 1.62 bits per heavy atom. The molecule has 0 N–H and O–H groups in total. The summed E-state index contributed by atoms with van der Waals surface area (Å²) in [5.41, 5.74) is 18.8. The topological polar surface area (TPSA) is 73.3 Å². The molecule has 79 heavy (non-hydrogen) atoms. The second-order valence-electron chi connectivity index (χ2n) is 23.3. The molecule has 0 bridgehead atoms. The van der Waals surface area contributed by atoms with Gasteiger partial charge in [0.25, 0.3) is 0 Å². The van der Waals surface area contributed by atoms with Crippen molar-refractivity contribution in [1.82, 2.24) is 33.7 Å². The van der Waals surface area contributed by atoms with Crippen LogP contribution in [0.25, 0.3) is 99.3 Å². The first-order chi connectivity index (χ1) is 37.7. The minimum Gasteiger partial charge on any atom is -0.328 e. The predicted octanol–water partition coefficient (Wildman–Crippen LogP) is 16.6. The Morgan fingerprint density at radius 1 is 0.456 bits per heavy atom. The molecule has 0 fully saturated rings. The Balaban J connectivity index is 0.00000623. The minimum atomic E-state index is -0.171. The van der Waals surface area contributed by atoms with Gasteiger partial charge in [0.15, 0.2) is 0 Å². The molecule has 7 nitrogen and oxygen atoms in total. The van der Waals surface area contributed by atoms with Crippen molar-refractivity contribution in [3.8, 4) is 44.6 Å². The van der Waals surface area contributed by atoms with Crippen LogP contribution in [0.2, 0.25) is 0 Å². The molecule has 13 aromatic rings. The Labute approximate surface area is 475 Å². The average Bonchev–Trinajstić information content (AvgIpc) is 4.27. The van der Waals surface area contributed by atoms with E-state index in [-0.39, 0.29) is 30.9 Å². The minimum absolute atomic E-state index is 0. The van der Waals surface area contributed by atoms with Gasteiger partial charge in [-0.25, -0.2) is 0 Å². The molecule has 0 amide bonds. The fourth-order valence-corrected chi connectivity index (χ4v) is 11.5. The Hall–Kier alpha value is -8.16. The van der Waals surface area contributed by atoms with E-state index >= 15 is 0 Å². The van der Waals surface area contributed by atoms with Gasteiger partial charge in [0.2, 0.25) is 0 Å². The Bertz CT molecular complexity index is 4340. The number of pyridine rings is 1. The zero-order valence-electron chi connectivity index (χ0n) is 46.0. The van der Waals surface area contributed by atoms with Crippen LogP contribution in [0.4, 0.5) is 0 Å². The number of hydrogen-bond acceptors (Lipinski definition) is 5. The van der Waals surface area contributed by atoms with Crippen molar-refractivity contribution in [1.29, 1.82) is 0 Å². The van der Waals surface area contributed by atoms with E-state index < -0.39 is 0 Å². The van der Waals surface area contributed by atoms with Crippen LogP contribution in [0.15, 0.2) is 170 Å². The smallest absolute Gasteiger partial charge is 0.328 e. The summed E-state index contributed by atoms with van der Waals surface area (Å²) in [6.07, 6.45) is 9.58. The third kappa shape index (κ3) is 9.83. The molecule has 8 heteroatoms. The molecule has 5 heterocycles. The summed E-state index contributed by atoms with van der Waals surface area (Å²) >= 11 is 0. The molecular formula is C71H60IrN7. The summed E-state index contributed by atoms with van der Waals surface area (Å²) in [6.45, 7) is 17.4. The molecule has 0 aliphatic carbocycles. The fourth-order valence-electron chi connectivity index (χ4n) is 11.5. The third-order valence-electron chi connectivity index (χ3n) is 15.2. The molecule has 0 saturated heterocycles. The van der Waals surface area contributed by atoms with Crippen molar-refractivity contribution < 1.29 is 20.1 Å². The average molecular weight is 1200 g/mol. The summed E-state index contributed by atoms with van der Waals surface area (Å²) in [5.74, 6) is 1.99. The van der Waals surface area contributed by atoms with E-state index in [1.807, 2.05) is 26.0 Å². The zero-order valence-corrected chi connectivity index (χ0v) is 48.4. The number of aromatic nitrogens is 7. The molecule has 8 aromatic carbocycles. The second kappa shape index (κ2) is 20.3. The van der Waals surface area contributed by atoms with Gasteiger partial charge in [0.1, 0.15) is 11.6 Å². The molecule has 0 saturated carbocycles. The molecular weight excluding hydrogens is 1140 g/mol. The zero-order chi connectivity index (χ0) is 53.5. The van der Waals surface area contributed by atoms with E-state index in [9.17, 15) is 0 Å². The van der Waals surface area contributed by atoms with Gasteiger partial charge >= 0.3 is 20.1 Å². The van der Waals surface area contributed by atoms with Crippen molar-refractivity contribution in [2.45, 2.75) is 91.9 Å². The van der Waals surface area contributed by atoms with Gasteiger partial charge in [0.05, 0.1) is 11.3 Å². The van der Waals surface area contributed by atoms with Gasteiger partial charge in [-0.2, -0.15) is 0 Å². The number of fused-ring (bicyclic) bond motifs is 9. The van der Waals surface area contributed by atoms with Crippen LogP contribution in [0.5, 0.6) is 0 Å². The van der Waals surface area contributed by atoms with Gasteiger partial charge in [-0.1, -0.05) is 162 Å². The van der Waals surface area contributed by atoms with Gasteiger partial charge in [0, 0.05) is 46.4 Å². The molecule has 0 unspecified atom stereocenters. The van der Waals surface area contributed by atoms with Crippen LogP contribution in [-0.2, 0) is 56.6 Å². The molecule has 0 aliphatic heterocycles. The van der Waals surface area contributed by atoms with Gasteiger partial charge in [-0.05, 0) is 110 Å². The van der Waals surface area contributed by atoms with Crippen LogP contribution >= 0.6 is 0 Å². The maximum absolute atomic E-state index is 5.27. The fraction of sp³-hybridized carbons (Fsp3) is 0.197. The maximum atomic E-state index is 5.27. The summed E-state index contributed by atoms with van der Waals surface area (Å²) in [6, 6.07) is 65.9. The number of rotatable bonds is 10. The number of aryl methyl sites for hydroxylation is 6. The SMILES string of the molecule is Cc1cn2c(C(C)(C)C)nc3cc(CCc4cc(CCc5c[c-]c6c(c5)nc(C(C)(C)C)n5cc(C)nc65)cc(-c5ccccc5-c5cnc(-c6[c-]cccc6)cc5-c5ccc6c(ccc7ccccc76)c5)c4)c[c-]c3c2n1.[Ir+3]. The van der Waals surface area contributed by atoms with E-state index in [0.717, 1.165) is 121 Å². The van der Waals surface area contributed by atoms with Crippen LogP contribution in [-0.4, -0.2) is 33.7 Å². The van der Waals surface area contributed by atoms with Crippen LogP contribution < -0.4 is 0 Å². The molecule has 0 atom stereocenters. The van der Waals surface area contributed by atoms with Crippen LogP contribution in [0.3, 0.4) is 0 Å². The van der Waals surface area contributed by atoms with E-state index in [1.54, 1.807) is 0 Å². The van der Waals surface area contributed by atoms with Gasteiger partial charge in [-0.15, -0.1) is 83.4 Å². The number of hydrogen-bond donors (Lipinski definition) is 0. The van der Waals surface area contributed by atoms with Crippen molar-refractivity contribution in [2.24, 2.45) is 0 Å². The third-order valence-corrected chi connectivity index (χ3v) is 15.2. The molecule has 0 aliphatic rings. The Kier molecular flexibility index (Phi) is 13.2. The standard InChI is InChI=1S/C71H60N7.Ir/c1-44-42-77-66(73-44)59-31-26-46(37-64(59)75-68(77)70(3,4)5)22-24-48-34-49(25-23-47-27-32-60-65(38-47)76-69(71(6,7)8)78-43-45(2)74-67(60)78)36-54(35-48)56-20-14-15-21-58(56)62-41-72-63(51-17-10-9-11-18-51)40-61(62)53-30-33-57-52(39-53)29-28-50-16-12-13-19-55(50)57;/h9-17,19-21,26-30,33-43H,22-25H2,1-8H3;/q-3;+3. The monoisotopic (exact) mass is 1200 g/mol. The summed E-state index contributed by atoms with van der Waals surface area (Å²) < 4.78 is 4.29. The molecule has 13 rings (SSSR count). The first kappa shape index (κ1) is 51.6. The number of imidazole rings is 2. The molecule has 5 aromatic heterocycles. The van der Waals surface area contributed by atoms with E-state index in [2.05, 4.69) is 227 Å². The van der Waals surface area contributed by atoms with Crippen molar-refractivity contribution in [3.05, 3.63) is 234 Å². The second-order valence-corrected chi connectivity index (χ2v) is 23.3. The van der Waals surface area contributed by atoms with E-state index in [0.29, 0.717) is 0 Å². The Morgan fingerprint density at radius 2 is 1.01 bits per heavy atom. The van der Waals surface area contributed by atoms with Crippen LogP contribution in [0.1, 0.15) is 86.8 Å². The molecule has 0 radical (unpaired) electrons. The summed E-state index contributed by atoms with van der Waals surface area (Å²) in [4.78, 5) is 25.6. The number of benzene rings is 8. The van der Waals surface area contributed by atoms with Crippen LogP contribution in [0, 0.1) is 32.0 Å². The summed E-state index contributed by atoms with van der Waals surface area (Å²) in [5, 5.41) is 6.82. The van der Waals surface area contributed by atoms with Crippen molar-refractivity contribution in [2.75, 3.05) is 0 Å². The summed E-state index contributed by atoms with van der Waals surface area (Å²) in [7, 11) is 0. The van der Waals surface area contributed by atoms with Gasteiger partial charge in [-0.3, -0.25) is 19.9 Å². The van der Waals surface area contributed by atoms with Crippen molar-refractivity contribution >= 4 is 54.6 Å². The quantitative estimate of drug-likeness (QED) is 0.101.